The number of benzene rings is 1. The summed E-state index contributed by atoms with van der Waals surface area (Å²) >= 11 is 3.36. The zero-order chi connectivity index (χ0) is 15.2. The Balaban J connectivity index is 2.21. The van der Waals surface area contributed by atoms with Gasteiger partial charge >= 0.3 is 6.03 Å². The van der Waals surface area contributed by atoms with E-state index in [1.807, 2.05) is 24.4 Å². The van der Waals surface area contributed by atoms with Gasteiger partial charge in [0.1, 0.15) is 5.75 Å². The normalized spacial score (nSPS) is 10.8. The SMILES string of the molecule is COc1ccc(C=NNC(N)=O)cc1Cn1cc(Br)cn1. The quantitative estimate of drug-likeness (QED) is 0.634. The largest absolute Gasteiger partial charge is 0.496 e. The molecule has 1 aromatic heterocycles. The lowest BCUT2D eigenvalue weighted by molar-refractivity contribution is 0.249. The van der Waals surface area contributed by atoms with Crippen LogP contribution >= 0.6 is 15.9 Å². The molecule has 2 rings (SSSR count). The predicted molar refractivity (Wildman–Crippen MR) is 82.3 cm³/mol. The first kappa shape index (κ1) is 15.0. The lowest BCUT2D eigenvalue weighted by atomic mass is 10.1. The summed E-state index contributed by atoms with van der Waals surface area (Å²) in [4.78, 5) is 10.6. The van der Waals surface area contributed by atoms with E-state index in [9.17, 15) is 4.79 Å². The number of hydrazone groups is 1. The molecule has 0 fully saturated rings. The maximum Gasteiger partial charge on any atom is 0.332 e. The second-order valence-electron chi connectivity index (χ2n) is 4.16. The highest BCUT2D eigenvalue weighted by atomic mass is 79.9. The number of carbonyl (C=O) groups is 1. The van der Waals surface area contributed by atoms with Crippen LogP contribution in [0.4, 0.5) is 4.79 Å². The van der Waals surface area contributed by atoms with Crippen LogP contribution in [-0.2, 0) is 6.54 Å². The molecule has 0 aliphatic heterocycles. The van der Waals surface area contributed by atoms with Crippen molar-refractivity contribution in [3.63, 3.8) is 0 Å². The van der Waals surface area contributed by atoms with Crippen molar-refractivity contribution in [1.29, 1.82) is 0 Å². The number of ether oxygens (including phenoxy) is 1. The van der Waals surface area contributed by atoms with Crippen LogP contribution in [0.5, 0.6) is 5.75 Å². The lowest BCUT2D eigenvalue weighted by Gasteiger charge is -2.09. The minimum atomic E-state index is -0.707. The maximum absolute atomic E-state index is 10.6. The number of nitrogens with zero attached hydrogens (tertiary/aromatic N) is 3. The fourth-order valence-corrected chi connectivity index (χ4v) is 2.10. The average Bonchev–Trinajstić information content (AvgIpc) is 2.84. The number of amides is 2. The smallest absolute Gasteiger partial charge is 0.332 e. The van der Waals surface area contributed by atoms with Crippen LogP contribution < -0.4 is 15.9 Å². The molecule has 2 amide bonds. The Bertz CT molecular complexity index is 668. The van der Waals surface area contributed by atoms with E-state index < -0.39 is 6.03 Å². The second-order valence-corrected chi connectivity index (χ2v) is 5.08. The van der Waals surface area contributed by atoms with E-state index in [2.05, 4.69) is 31.6 Å². The van der Waals surface area contributed by atoms with E-state index >= 15 is 0 Å². The van der Waals surface area contributed by atoms with Gasteiger partial charge in [-0.3, -0.25) is 4.68 Å². The summed E-state index contributed by atoms with van der Waals surface area (Å²) in [6.07, 6.45) is 5.09. The van der Waals surface area contributed by atoms with Gasteiger partial charge in [0.2, 0.25) is 0 Å². The number of methoxy groups -OCH3 is 1. The number of aromatic nitrogens is 2. The van der Waals surface area contributed by atoms with Crippen molar-refractivity contribution in [1.82, 2.24) is 15.2 Å². The molecule has 1 aromatic carbocycles. The highest BCUT2D eigenvalue weighted by Gasteiger charge is 2.06. The maximum atomic E-state index is 10.6. The Hall–Kier alpha value is -2.35. The Morgan fingerprint density at radius 2 is 2.43 bits per heavy atom. The molecule has 3 N–H and O–H groups in total. The molecule has 21 heavy (non-hydrogen) atoms. The number of hydrogen-bond donors (Lipinski definition) is 2. The first-order valence-corrected chi connectivity index (χ1v) is 6.81. The van der Waals surface area contributed by atoms with Crippen molar-refractivity contribution >= 4 is 28.2 Å². The molecule has 0 atom stereocenters. The molecule has 0 saturated carbocycles. The molecule has 0 aliphatic rings. The summed E-state index contributed by atoms with van der Waals surface area (Å²) in [5, 5.41) is 7.94. The summed E-state index contributed by atoms with van der Waals surface area (Å²) in [6.45, 7) is 0.555. The van der Waals surface area contributed by atoms with Gasteiger partial charge in [-0.1, -0.05) is 0 Å². The molecule has 0 radical (unpaired) electrons. The molecule has 0 aliphatic carbocycles. The van der Waals surface area contributed by atoms with E-state index in [1.54, 1.807) is 18.0 Å². The monoisotopic (exact) mass is 351 g/mol. The van der Waals surface area contributed by atoms with Gasteiger partial charge in [0.05, 0.1) is 30.5 Å². The molecule has 0 saturated heterocycles. The van der Waals surface area contributed by atoms with E-state index in [0.29, 0.717) is 6.54 Å². The summed E-state index contributed by atoms with van der Waals surface area (Å²) in [7, 11) is 1.61. The van der Waals surface area contributed by atoms with Crippen LogP contribution in [0.1, 0.15) is 11.1 Å². The third-order valence-corrected chi connectivity index (χ3v) is 3.04. The standard InChI is InChI=1S/C13H14BrN5O2/c1-21-12-3-2-9(5-16-18-13(15)20)4-10(12)7-19-8-11(14)6-17-19/h2-6,8H,7H2,1H3,(H3,15,18,20). The van der Waals surface area contributed by atoms with Crippen molar-refractivity contribution in [3.8, 4) is 5.75 Å². The van der Waals surface area contributed by atoms with Crippen molar-refractivity contribution in [2.45, 2.75) is 6.54 Å². The van der Waals surface area contributed by atoms with Gasteiger partial charge in [-0.2, -0.15) is 10.2 Å². The fraction of sp³-hybridized carbons (Fsp3) is 0.154. The van der Waals surface area contributed by atoms with Crippen LogP contribution in [0.15, 0.2) is 40.2 Å². The third-order valence-electron chi connectivity index (χ3n) is 2.63. The van der Waals surface area contributed by atoms with E-state index in [1.165, 1.54) is 6.21 Å². The summed E-state index contributed by atoms with van der Waals surface area (Å²) in [5.74, 6) is 0.752. The minimum Gasteiger partial charge on any atom is -0.496 e. The fourth-order valence-electron chi connectivity index (χ4n) is 1.77. The molecule has 2 aromatic rings. The van der Waals surface area contributed by atoms with Gasteiger partial charge in [0, 0.05) is 11.8 Å². The predicted octanol–water partition coefficient (Wildman–Crippen LogP) is 1.70. The Morgan fingerprint density at radius 3 is 3.05 bits per heavy atom. The van der Waals surface area contributed by atoms with E-state index in [4.69, 9.17) is 10.5 Å². The molecule has 110 valence electrons. The number of urea groups is 1. The topological polar surface area (TPSA) is 94.5 Å². The summed E-state index contributed by atoms with van der Waals surface area (Å²) < 4.78 is 8.02. The van der Waals surface area contributed by atoms with Gasteiger partial charge < -0.3 is 10.5 Å². The third kappa shape index (κ3) is 4.32. The number of halogens is 1. The van der Waals surface area contributed by atoms with Gasteiger partial charge in [0.15, 0.2) is 0 Å². The van der Waals surface area contributed by atoms with Crippen molar-refractivity contribution in [3.05, 3.63) is 46.2 Å². The number of carbonyl (C=O) groups excluding carboxylic acids is 1. The van der Waals surface area contributed by atoms with Gasteiger partial charge in [-0.25, -0.2) is 10.2 Å². The minimum absolute atomic E-state index is 0.555. The number of nitrogens with one attached hydrogen (secondary N) is 1. The van der Waals surface area contributed by atoms with Crippen molar-refractivity contribution in [2.24, 2.45) is 10.8 Å². The molecule has 0 bridgehead atoms. The highest BCUT2D eigenvalue weighted by Crippen LogP contribution is 2.21. The van der Waals surface area contributed by atoms with Gasteiger partial charge in [0.25, 0.3) is 0 Å². The Kier molecular flexibility index (Phi) is 4.94. The lowest BCUT2D eigenvalue weighted by Crippen LogP contribution is -2.24. The highest BCUT2D eigenvalue weighted by molar-refractivity contribution is 9.10. The van der Waals surface area contributed by atoms with E-state index in [-0.39, 0.29) is 0 Å². The molecule has 7 nitrogen and oxygen atoms in total. The van der Waals surface area contributed by atoms with Crippen LogP contribution in [0.3, 0.4) is 0 Å². The van der Waals surface area contributed by atoms with Crippen LogP contribution in [0.25, 0.3) is 0 Å². The molecule has 8 heteroatoms. The molecule has 0 spiro atoms. The molecule has 1 heterocycles. The zero-order valence-electron chi connectivity index (χ0n) is 11.3. The number of nitrogens with two attached hydrogens (primary N) is 1. The number of primary amides is 1. The second kappa shape index (κ2) is 6.89. The molecular weight excluding hydrogens is 338 g/mol. The number of hydrogen-bond acceptors (Lipinski definition) is 4. The first-order chi connectivity index (χ1) is 10.1. The zero-order valence-corrected chi connectivity index (χ0v) is 12.9. The molecule has 0 unspecified atom stereocenters. The average molecular weight is 352 g/mol. The number of rotatable bonds is 5. The van der Waals surface area contributed by atoms with E-state index in [0.717, 1.165) is 21.3 Å². The van der Waals surface area contributed by atoms with Gasteiger partial charge in [-0.05, 0) is 39.7 Å². The Labute approximate surface area is 129 Å². The summed E-state index contributed by atoms with van der Waals surface area (Å²) in [5.41, 5.74) is 8.84. The van der Waals surface area contributed by atoms with Gasteiger partial charge in [-0.15, -0.1) is 0 Å². The van der Waals surface area contributed by atoms with Crippen LogP contribution in [0.2, 0.25) is 0 Å². The molecular formula is C13H14BrN5O2. The summed E-state index contributed by atoms with van der Waals surface area (Å²) in [6, 6.07) is 4.86. The van der Waals surface area contributed by atoms with Crippen molar-refractivity contribution < 1.29 is 9.53 Å². The van der Waals surface area contributed by atoms with Crippen LogP contribution in [-0.4, -0.2) is 29.1 Å². The van der Waals surface area contributed by atoms with Crippen LogP contribution in [0, 0.1) is 0 Å². The first-order valence-electron chi connectivity index (χ1n) is 6.02. The van der Waals surface area contributed by atoms with Crippen molar-refractivity contribution in [2.75, 3.05) is 7.11 Å². The Morgan fingerprint density at radius 1 is 1.62 bits per heavy atom.